The molecule has 1 aromatic rings. The number of methoxy groups -OCH3 is 1. The summed E-state index contributed by atoms with van der Waals surface area (Å²) in [5.74, 6) is 0.539. The number of benzene rings is 1. The van der Waals surface area contributed by atoms with Crippen molar-refractivity contribution < 1.29 is 19.0 Å². The lowest BCUT2D eigenvalue weighted by molar-refractivity contribution is -0.142. The minimum Gasteiger partial charge on any atom is -0.469 e. The highest BCUT2D eigenvalue weighted by atomic mass is 16.5. The highest BCUT2D eigenvalue weighted by Gasteiger charge is 2.22. The molecule has 0 N–H and O–H groups in total. The number of hydrogen-bond donors (Lipinski definition) is 0. The largest absolute Gasteiger partial charge is 0.469 e. The zero-order valence-electron chi connectivity index (χ0n) is 18.4. The average molecular weight is 392 g/mol. The standard InChI is InChI=1S/C21H34O4.C2H3N/c1-6-20(25-14-16(2)3)19(15-24-12-11-21(22)23-5)13-18-9-7-17(4)8-10-18;1-2-3/h7-10,16,19-20H,6,11-15H2,1-5H3;1H3. The Bertz CT molecular complexity index is 563. The van der Waals surface area contributed by atoms with Gasteiger partial charge in [-0.2, -0.15) is 5.26 Å². The van der Waals surface area contributed by atoms with Gasteiger partial charge in [-0.05, 0) is 31.2 Å². The van der Waals surface area contributed by atoms with Gasteiger partial charge in [0.2, 0.25) is 0 Å². The molecule has 1 aromatic carbocycles. The van der Waals surface area contributed by atoms with Crippen LogP contribution in [0.2, 0.25) is 0 Å². The van der Waals surface area contributed by atoms with Crippen LogP contribution >= 0.6 is 0 Å². The summed E-state index contributed by atoms with van der Waals surface area (Å²) < 4.78 is 16.6. The number of nitriles is 1. The van der Waals surface area contributed by atoms with Crippen LogP contribution in [-0.4, -0.2) is 39.0 Å². The summed E-state index contributed by atoms with van der Waals surface area (Å²) in [5.41, 5.74) is 2.55. The lowest BCUT2D eigenvalue weighted by Crippen LogP contribution is -2.31. The zero-order chi connectivity index (χ0) is 21.4. The molecular weight excluding hydrogens is 354 g/mol. The predicted octanol–water partition coefficient (Wildman–Crippen LogP) is 4.71. The molecule has 158 valence electrons. The molecule has 0 aromatic heterocycles. The van der Waals surface area contributed by atoms with Gasteiger partial charge in [-0.3, -0.25) is 4.79 Å². The van der Waals surface area contributed by atoms with E-state index in [0.29, 0.717) is 19.1 Å². The van der Waals surface area contributed by atoms with Crippen molar-refractivity contribution in [1.29, 1.82) is 5.26 Å². The lowest BCUT2D eigenvalue weighted by Gasteiger charge is -2.27. The summed E-state index contributed by atoms with van der Waals surface area (Å²) in [5, 5.41) is 7.32. The predicted molar refractivity (Wildman–Crippen MR) is 112 cm³/mol. The molecule has 0 bridgehead atoms. The first kappa shape index (κ1) is 26.1. The topological polar surface area (TPSA) is 68.5 Å². The Morgan fingerprint density at radius 1 is 1.18 bits per heavy atom. The summed E-state index contributed by atoms with van der Waals surface area (Å²) >= 11 is 0. The lowest BCUT2D eigenvalue weighted by atomic mass is 9.92. The van der Waals surface area contributed by atoms with E-state index in [2.05, 4.69) is 56.7 Å². The molecule has 2 atom stereocenters. The highest BCUT2D eigenvalue weighted by Crippen LogP contribution is 2.20. The fraction of sp³-hybridized carbons (Fsp3) is 0.652. The summed E-state index contributed by atoms with van der Waals surface area (Å²) in [6.45, 7) is 11.7. The Kier molecular flexibility index (Phi) is 15.0. The first-order valence-electron chi connectivity index (χ1n) is 10.00. The van der Waals surface area contributed by atoms with E-state index < -0.39 is 0 Å². The maximum atomic E-state index is 11.2. The molecule has 0 spiro atoms. The van der Waals surface area contributed by atoms with E-state index in [-0.39, 0.29) is 24.4 Å². The Morgan fingerprint density at radius 2 is 1.79 bits per heavy atom. The number of aryl methyl sites for hydroxylation is 1. The van der Waals surface area contributed by atoms with E-state index in [1.54, 1.807) is 6.07 Å². The van der Waals surface area contributed by atoms with Crippen molar-refractivity contribution in [2.45, 2.75) is 60.0 Å². The monoisotopic (exact) mass is 391 g/mol. The van der Waals surface area contributed by atoms with Crippen molar-refractivity contribution in [2.24, 2.45) is 11.8 Å². The van der Waals surface area contributed by atoms with Gasteiger partial charge in [0.1, 0.15) is 0 Å². The molecule has 5 heteroatoms. The number of hydrogen-bond acceptors (Lipinski definition) is 5. The van der Waals surface area contributed by atoms with Gasteiger partial charge in [-0.15, -0.1) is 0 Å². The number of esters is 1. The maximum absolute atomic E-state index is 11.2. The smallest absolute Gasteiger partial charge is 0.307 e. The molecule has 5 nitrogen and oxygen atoms in total. The van der Waals surface area contributed by atoms with Crippen molar-refractivity contribution in [3.05, 3.63) is 35.4 Å². The van der Waals surface area contributed by atoms with Crippen molar-refractivity contribution in [2.75, 3.05) is 26.9 Å². The van der Waals surface area contributed by atoms with Crippen molar-refractivity contribution >= 4 is 5.97 Å². The maximum Gasteiger partial charge on any atom is 0.307 e. The molecular formula is C23H37NO4. The zero-order valence-corrected chi connectivity index (χ0v) is 18.4. The van der Waals surface area contributed by atoms with Crippen LogP contribution < -0.4 is 0 Å². The number of rotatable bonds is 12. The Balaban J connectivity index is 0.00000227. The second-order valence-electron chi connectivity index (χ2n) is 7.25. The highest BCUT2D eigenvalue weighted by molar-refractivity contribution is 5.69. The normalized spacial score (nSPS) is 12.5. The molecule has 0 aliphatic heterocycles. The van der Waals surface area contributed by atoms with Gasteiger partial charge in [-0.1, -0.05) is 50.6 Å². The van der Waals surface area contributed by atoms with Gasteiger partial charge in [0.15, 0.2) is 0 Å². The van der Waals surface area contributed by atoms with E-state index in [1.807, 2.05) is 0 Å². The minimum atomic E-state index is -0.238. The second-order valence-corrected chi connectivity index (χ2v) is 7.25. The fourth-order valence-electron chi connectivity index (χ4n) is 2.72. The third-order valence-electron chi connectivity index (χ3n) is 4.20. The van der Waals surface area contributed by atoms with E-state index in [4.69, 9.17) is 14.7 Å². The molecule has 0 heterocycles. The minimum absolute atomic E-state index is 0.154. The van der Waals surface area contributed by atoms with Gasteiger partial charge < -0.3 is 14.2 Å². The number of nitrogens with zero attached hydrogens (tertiary/aromatic N) is 1. The summed E-state index contributed by atoms with van der Waals surface area (Å²) in [4.78, 5) is 11.2. The number of carbonyl (C=O) groups excluding carboxylic acids is 1. The molecule has 1 rings (SSSR count). The molecule has 0 fully saturated rings. The Hall–Kier alpha value is -1.90. The summed E-state index contributed by atoms with van der Waals surface area (Å²) in [6.07, 6.45) is 2.30. The Morgan fingerprint density at radius 3 is 2.29 bits per heavy atom. The van der Waals surface area contributed by atoms with E-state index in [9.17, 15) is 4.79 Å². The SMILES string of the molecule is CC#N.CCC(OCC(C)C)C(COCCC(=O)OC)Cc1ccc(C)cc1. The van der Waals surface area contributed by atoms with Gasteiger partial charge in [0, 0.05) is 19.4 Å². The van der Waals surface area contributed by atoms with Crippen molar-refractivity contribution in [3.8, 4) is 6.07 Å². The molecule has 2 unspecified atom stereocenters. The molecule has 0 aliphatic carbocycles. The first-order valence-corrected chi connectivity index (χ1v) is 10.00. The van der Waals surface area contributed by atoms with Crippen LogP contribution in [0, 0.1) is 30.1 Å². The van der Waals surface area contributed by atoms with Crippen LogP contribution in [0.1, 0.15) is 51.7 Å². The van der Waals surface area contributed by atoms with E-state index in [1.165, 1.54) is 25.2 Å². The molecule has 28 heavy (non-hydrogen) atoms. The molecule has 0 aliphatic rings. The van der Waals surface area contributed by atoms with Gasteiger partial charge in [-0.25, -0.2) is 0 Å². The first-order chi connectivity index (χ1) is 13.4. The van der Waals surface area contributed by atoms with Crippen LogP contribution in [0.25, 0.3) is 0 Å². The van der Waals surface area contributed by atoms with Crippen LogP contribution in [0.4, 0.5) is 0 Å². The summed E-state index contributed by atoms with van der Waals surface area (Å²) in [7, 11) is 1.40. The third kappa shape index (κ3) is 12.5. The van der Waals surface area contributed by atoms with Crippen molar-refractivity contribution in [1.82, 2.24) is 0 Å². The number of carbonyl (C=O) groups is 1. The Labute approximate surface area is 171 Å². The van der Waals surface area contributed by atoms with Crippen LogP contribution in [0.5, 0.6) is 0 Å². The van der Waals surface area contributed by atoms with Crippen LogP contribution in [0.15, 0.2) is 24.3 Å². The van der Waals surface area contributed by atoms with E-state index >= 15 is 0 Å². The molecule has 0 saturated heterocycles. The van der Waals surface area contributed by atoms with E-state index in [0.717, 1.165) is 19.4 Å². The van der Waals surface area contributed by atoms with Gasteiger partial charge in [0.05, 0.1) is 38.9 Å². The third-order valence-corrected chi connectivity index (χ3v) is 4.20. The molecule has 0 amide bonds. The summed E-state index contributed by atoms with van der Waals surface area (Å²) in [6, 6.07) is 10.4. The van der Waals surface area contributed by atoms with Crippen molar-refractivity contribution in [3.63, 3.8) is 0 Å². The molecule has 0 saturated carbocycles. The van der Waals surface area contributed by atoms with Gasteiger partial charge in [0.25, 0.3) is 0 Å². The second kappa shape index (κ2) is 16.1. The van der Waals surface area contributed by atoms with Gasteiger partial charge >= 0.3 is 5.97 Å². The van der Waals surface area contributed by atoms with Crippen LogP contribution in [-0.2, 0) is 25.4 Å². The quantitative estimate of drug-likeness (QED) is 0.381. The molecule has 0 radical (unpaired) electrons. The number of ether oxygens (including phenoxy) is 3. The van der Waals surface area contributed by atoms with Crippen LogP contribution in [0.3, 0.4) is 0 Å². The average Bonchev–Trinajstić information content (AvgIpc) is 2.67. The fourth-order valence-corrected chi connectivity index (χ4v) is 2.72.